The van der Waals surface area contributed by atoms with E-state index in [9.17, 15) is 0 Å². The van der Waals surface area contributed by atoms with Gasteiger partial charge in [-0.15, -0.1) is 24.0 Å². The molecule has 0 atom stereocenters. The number of pyridine rings is 1. The van der Waals surface area contributed by atoms with Crippen molar-refractivity contribution in [1.29, 1.82) is 0 Å². The van der Waals surface area contributed by atoms with E-state index in [1.54, 1.807) is 7.11 Å². The smallest absolute Gasteiger partial charge is 0.213 e. The van der Waals surface area contributed by atoms with Crippen LogP contribution in [0.5, 0.6) is 5.88 Å². The maximum absolute atomic E-state index is 5.17. The van der Waals surface area contributed by atoms with Gasteiger partial charge >= 0.3 is 0 Å². The molecule has 1 aliphatic rings. The second kappa shape index (κ2) is 9.75. The first-order valence-corrected chi connectivity index (χ1v) is 8.83. The number of aromatic nitrogens is 1. The number of nitrogens with zero attached hydrogens (tertiary/aromatic N) is 2. The lowest BCUT2D eigenvalue weighted by molar-refractivity contribution is 0.396. The lowest BCUT2D eigenvalue weighted by atomic mass is 9.96. The number of nitrogens with one attached hydrogen (secondary N) is 2. The van der Waals surface area contributed by atoms with E-state index in [2.05, 4.69) is 57.9 Å². The first-order chi connectivity index (χ1) is 12.3. The van der Waals surface area contributed by atoms with Crippen LogP contribution in [-0.4, -0.2) is 31.1 Å². The van der Waals surface area contributed by atoms with Crippen molar-refractivity contribution in [3.63, 3.8) is 0 Å². The van der Waals surface area contributed by atoms with Gasteiger partial charge in [-0.3, -0.25) is 0 Å². The molecule has 0 radical (unpaired) electrons. The van der Waals surface area contributed by atoms with E-state index in [1.165, 1.54) is 18.4 Å². The molecule has 1 saturated carbocycles. The van der Waals surface area contributed by atoms with Crippen molar-refractivity contribution in [1.82, 2.24) is 15.6 Å². The number of benzene rings is 1. The second-order valence-corrected chi connectivity index (χ2v) is 6.37. The number of hydrogen-bond donors (Lipinski definition) is 2. The molecule has 1 heterocycles. The second-order valence-electron chi connectivity index (χ2n) is 6.37. The van der Waals surface area contributed by atoms with Crippen molar-refractivity contribution in [3.8, 4) is 5.88 Å². The maximum Gasteiger partial charge on any atom is 0.213 e. The summed E-state index contributed by atoms with van der Waals surface area (Å²) in [5, 5.41) is 6.81. The number of guanidine groups is 1. The Morgan fingerprint density at radius 3 is 2.54 bits per heavy atom. The number of hydrogen-bond acceptors (Lipinski definition) is 3. The Balaban J connectivity index is 0.00000243. The minimum Gasteiger partial charge on any atom is -0.481 e. The molecule has 1 aromatic carbocycles. The number of aliphatic imine (C=N–C) groups is 1. The zero-order valence-electron chi connectivity index (χ0n) is 15.4. The highest BCUT2D eigenvalue weighted by atomic mass is 127. The molecule has 5 nitrogen and oxygen atoms in total. The topological polar surface area (TPSA) is 58.5 Å². The average molecular weight is 466 g/mol. The maximum atomic E-state index is 5.17. The molecule has 1 aromatic heterocycles. The van der Waals surface area contributed by atoms with Gasteiger partial charge < -0.3 is 15.4 Å². The van der Waals surface area contributed by atoms with E-state index in [0.717, 1.165) is 24.7 Å². The summed E-state index contributed by atoms with van der Waals surface area (Å²) in [4.78, 5) is 9.07. The van der Waals surface area contributed by atoms with Crippen molar-refractivity contribution in [3.05, 3.63) is 59.8 Å². The molecule has 0 spiro atoms. The van der Waals surface area contributed by atoms with Crippen molar-refractivity contribution in [2.24, 2.45) is 4.99 Å². The fraction of sp³-hybridized carbons (Fsp3) is 0.400. The zero-order chi connectivity index (χ0) is 17.5. The molecule has 0 aliphatic heterocycles. The van der Waals surface area contributed by atoms with E-state index >= 15 is 0 Å². The third-order valence-electron chi connectivity index (χ3n) is 4.57. The van der Waals surface area contributed by atoms with E-state index in [-0.39, 0.29) is 29.4 Å². The Morgan fingerprint density at radius 2 is 1.88 bits per heavy atom. The molecule has 6 heteroatoms. The Bertz CT molecular complexity index is 717. The molecule has 0 amide bonds. The third kappa shape index (κ3) is 5.33. The van der Waals surface area contributed by atoms with E-state index in [4.69, 9.17) is 4.74 Å². The van der Waals surface area contributed by atoms with Gasteiger partial charge in [-0.05, 0) is 31.4 Å². The van der Waals surface area contributed by atoms with Crippen LogP contribution in [0.25, 0.3) is 0 Å². The fourth-order valence-corrected chi connectivity index (χ4v) is 2.92. The first kappa shape index (κ1) is 20.5. The van der Waals surface area contributed by atoms with Gasteiger partial charge in [0, 0.05) is 24.6 Å². The highest BCUT2D eigenvalue weighted by molar-refractivity contribution is 14.0. The summed E-state index contributed by atoms with van der Waals surface area (Å²) in [6.07, 6.45) is 2.45. The average Bonchev–Trinajstić information content (AvgIpc) is 3.46. The van der Waals surface area contributed by atoms with Crippen LogP contribution in [0.3, 0.4) is 0 Å². The van der Waals surface area contributed by atoms with E-state index in [1.807, 2.05) is 18.2 Å². The minimum absolute atomic E-state index is 0. The molecule has 3 rings (SSSR count). The van der Waals surface area contributed by atoms with Gasteiger partial charge in [0.25, 0.3) is 0 Å². The van der Waals surface area contributed by atoms with Crippen LogP contribution in [0.1, 0.15) is 31.0 Å². The first-order valence-electron chi connectivity index (χ1n) is 8.83. The van der Waals surface area contributed by atoms with Gasteiger partial charge in [0.15, 0.2) is 5.96 Å². The van der Waals surface area contributed by atoms with Crippen molar-refractivity contribution >= 4 is 29.9 Å². The van der Waals surface area contributed by atoms with Crippen molar-refractivity contribution in [2.75, 3.05) is 20.2 Å². The lowest BCUT2D eigenvalue weighted by Crippen LogP contribution is -2.41. The molecule has 0 unspecified atom stereocenters. The number of methoxy groups -OCH3 is 1. The summed E-state index contributed by atoms with van der Waals surface area (Å²) in [5.74, 6) is 1.45. The third-order valence-corrected chi connectivity index (χ3v) is 4.57. The quantitative estimate of drug-likeness (QED) is 0.373. The molecule has 1 aliphatic carbocycles. The molecular weight excluding hydrogens is 439 g/mol. The van der Waals surface area contributed by atoms with E-state index in [0.29, 0.717) is 12.4 Å². The highest BCUT2D eigenvalue weighted by Gasteiger charge is 2.43. The summed E-state index contributed by atoms with van der Waals surface area (Å²) in [7, 11) is 1.62. The summed E-state index contributed by atoms with van der Waals surface area (Å²) in [6, 6.07) is 16.5. The number of halogens is 1. The Kier molecular flexibility index (Phi) is 7.68. The summed E-state index contributed by atoms with van der Waals surface area (Å²) in [5.41, 5.74) is 2.56. The van der Waals surface area contributed by atoms with Crippen molar-refractivity contribution in [2.45, 2.75) is 31.7 Å². The molecule has 2 N–H and O–H groups in total. The molecule has 1 fully saturated rings. The largest absolute Gasteiger partial charge is 0.481 e. The minimum atomic E-state index is 0. The van der Waals surface area contributed by atoms with Crippen LogP contribution >= 0.6 is 24.0 Å². The number of rotatable bonds is 7. The van der Waals surface area contributed by atoms with Crippen LogP contribution in [-0.2, 0) is 12.0 Å². The van der Waals surface area contributed by atoms with Gasteiger partial charge in [0.05, 0.1) is 19.3 Å². The predicted molar refractivity (Wildman–Crippen MR) is 116 cm³/mol. The van der Waals surface area contributed by atoms with Crippen LogP contribution in [0.2, 0.25) is 0 Å². The Hall–Kier alpha value is -1.83. The number of ether oxygens (including phenoxy) is 1. The monoisotopic (exact) mass is 466 g/mol. The van der Waals surface area contributed by atoms with Gasteiger partial charge in [0.1, 0.15) is 0 Å². The van der Waals surface area contributed by atoms with Gasteiger partial charge in [-0.25, -0.2) is 9.98 Å². The summed E-state index contributed by atoms with van der Waals surface area (Å²) >= 11 is 0. The Morgan fingerprint density at radius 1 is 1.12 bits per heavy atom. The molecule has 26 heavy (non-hydrogen) atoms. The summed E-state index contributed by atoms with van der Waals surface area (Å²) < 4.78 is 5.17. The molecule has 0 bridgehead atoms. The lowest BCUT2D eigenvalue weighted by Gasteiger charge is -2.19. The van der Waals surface area contributed by atoms with Crippen molar-refractivity contribution < 1.29 is 4.74 Å². The molecule has 0 saturated heterocycles. The van der Waals surface area contributed by atoms with Gasteiger partial charge in [-0.2, -0.15) is 0 Å². The van der Waals surface area contributed by atoms with Crippen LogP contribution < -0.4 is 15.4 Å². The van der Waals surface area contributed by atoms with Crippen LogP contribution in [0.15, 0.2) is 53.5 Å². The SMILES string of the molecule is CCNC(=NCc1cccc(OC)n1)NCC1(c2ccccc2)CC1.I. The van der Waals surface area contributed by atoms with Crippen LogP contribution in [0, 0.1) is 0 Å². The molecule has 2 aromatic rings. The summed E-state index contributed by atoms with van der Waals surface area (Å²) in [6.45, 7) is 4.32. The zero-order valence-corrected chi connectivity index (χ0v) is 17.7. The highest BCUT2D eigenvalue weighted by Crippen LogP contribution is 2.47. The standard InChI is InChI=1S/C20H26N4O.HI/c1-3-21-19(22-14-17-10-7-11-18(24-17)25-2)23-15-20(12-13-20)16-8-5-4-6-9-16;/h4-11H,3,12-15H2,1-2H3,(H2,21,22,23);1H. The predicted octanol–water partition coefficient (Wildman–Crippen LogP) is 3.50. The molecule has 140 valence electrons. The normalized spacial score (nSPS) is 14.9. The Labute approximate surface area is 172 Å². The van der Waals surface area contributed by atoms with E-state index < -0.39 is 0 Å². The van der Waals surface area contributed by atoms with Gasteiger partial charge in [0.2, 0.25) is 5.88 Å². The van der Waals surface area contributed by atoms with Gasteiger partial charge in [-0.1, -0.05) is 36.4 Å². The fourth-order valence-electron chi connectivity index (χ4n) is 2.92. The van der Waals surface area contributed by atoms with Crippen LogP contribution in [0.4, 0.5) is 0 Å². The molecular formula is C20H27IN4O.